The summed E-state index contributed by atoms with van der Waals surface area (Å²) in [4.78, 5) is 46.0. The number of esters is 2. The Hall–Kier alpha value is -4.16. The van der Waals surface area contributed by atoms with Gasteiger partial charge in [-0.2, -0.15) is 0 Å². The fourth-order valence-corrected chi connectivity index (χ4v) is 5.72. The molecule has 0 amide bonds. The van der Waals surface area contributed by atoms with E-state index in [4.69, 9.17) is 24.8 Å². The number of carboxylic acid groups (broad SMARTS) is 1. The van der Waals surface area contributed by atoms with Crippen LogP contribution in [0.1, 0.15) is 123 Å². The Kier molecular flexibility index (Phi) is 38.4. The molecule has 0 saturated heterocycles. The lowest BCUT2D eigenvalue weighted by Gasteiger charge is -2.20. The number of rotatable bonds is 38. The third-order valence-electron chi connectivity index (χ3n) is 8.31. The van der Waals surface area contributed by atoms with Gasteiger partial charge in [-0.15, -0.1) is 0 Å². The topological polar surface area (TPSA) is 192 Å². The number of hydrogen-bond donors (Lipinski definition) is 4. The molecule has 342 valence electrons. The van der Waals surface area contributed by atoms with Crippen LogP contribution >= 0.6 is 7.82 Å². The largest absolute Gasteiger partial charge is 0.480 e. The van der Waals surface area contributed by atoms with E-state index in [1.807, 2.05) is 12.2 Å². The Bertz CT molecular complexity index is 1510. The molecule has 0 bridgehead atoms. The molecule has 5 N–H and O–H groups in total. The summed E-state index contributed by atoms with van der Waals surface area (Å²) in [7, 11) is -4.78. The van der Waals surface area contributed by atoms with Gasteiger partial charge in [0.1, 0.15) is 12.6 Å². The molecule has 0 aliphatic rings. The fourth-order valence-electron chi connectivity index (χ4n) is 4.94. The summed E-state index contributed by atoms with van der Waals surface area (Å²) in [6.07, 6.45) is 51.5. The zero-order chi connectivity index (χ0) is 45.1. The van der Waals surface area contributed by atoms with Crippen molar-refractivity contribution in [2.75, 3.05) is 19.8 Å². The molecule has 0 saturated carbocycles. The standard InChI is InChI=1S/C48H74NO11P/c1-3-5-7-9-11-13-15-17-18-19-20-21-22-24-26-28-30-32-34-38-47(52)60-44(41-58-61(55,56)59-42-45(49)48(53)54)40-57-46(51)39-35-37-43(50)36-33-31-29-27-25-23-16-14-12-10-8-6-4-2/h5-8,11-14,17-18,20-21,23-26,29,31,33,36,43-45,50H,3-4,9-10,15-16,19,22,27-28,30,32,34-35,37-42,49H2,1-2H3,(H,53,54)(H,55,56)/b7-5-,8-6-,13-11-,14-12-,18-17-,21-20-,25-23-,26-24-,31-29-,36-33+/t43?,44-,45+/m1/s1. The number of aliphatic hydroxyl groups is 1. The van der Waals surface area contributed by atoms with Crippen LogP contribution in [0.5, 0.6) is 0 Å². The number of nitrogens with two attached hydrogens (primary N) is 1. The number of aliphatic hydroxyl groups excluding tert-OH is 1. The van der Waals surface area contributed by atoms with Gasteiger partial charge in [0.25, 0.3) is 0 Å². The van der Waals surface area contributed by atoms with Crippen LogP contribution in [-0.2, 0) is 37.5 Å². The summed E-state index contributed by atoms with van der Waals surface area (Å²) in [5.41, 5.74) is 5.32. The maximum Gasteiger partial charge on any atom is 0.472 e. The number of phosphoric ester groups is 1. The maximum absolute atomic E-state index is 12.6. The van der Waals surface area contributed by atoms with Crippen molar-refractivity contribution in [3.63, 3.8) is 0 Å². The van der Waals surface area contributed by atoms with Gasteiger partial charge in [-0.1, -0.05) is 142 Å². The van der Waals surface area contributed by atoms with E-state index in [0.29, 0.717) is 19.3 Å². The molecule has 0 rings (SSSR count). The number of carbonyl (C=O) groups excluding carboxylic acids is 2. The molecule has 0 fully saturated rings. The van der Waals surface area contributed by atoms with Gasteiger partial charge in [0, 0.05) is 12.8 Å². The molecule has 4 atom stereocenters. The first-order valence-corrected chi connectivity index (χ1v) is 23.2. The summed E-state index contributed by atoms with van der Waals surface area (Å²) >= 11 is 0. The first-order valence-electron chi connectivity index (χ1n) is 21.7. The number of carbonyl (C=O) groups is 3. The number of unbranched alkanes of at least 4 members (excludes halogenated alkanes) is 3. The molecule has 0 heterocycles. The van der Waals surface area contributed by atoms with Crippen LogP contribution in [0.3, 0.4) is 0 Å². The molecule has 0 aliphatic carbocycles. The Labute approximate surface area is 365 Å². The second kappa shape index (κ2) is 41.2. The van der Waals surface area contributed by atoms with Gasteiger partial charge in [-0.05, 0) is 89.9 Å². The Morgan fingerprint density at radius 1 is 0.590 bits per heavy atom. The van der Waals surface area contributed by atoms with Gasteiger partial charge in [0.15, 0.2) is 6.10 Å². The number of ether oxygens (including phenoxy) is 2. The number of allylic oxidation sites excluding steroid dienone is 19. The van der Waals surface area contributed by atoms with E-state index in [-0.39, 0.29) is 12.8 Å². The van der Waals surface area contributed by atoms with E-state index in [2.05, 4.69) is 116 Å². The van der Waals surface area contributed by atoms with E-state index in [1.165, 1.54) is 0 Å². The summed E-state index contributed by atoms with van der Waals surface area (Å²) in [6, 6.07) is -1.56. The van der Waals surface area contributed by atoms with E-state index in [1.54, 1.807) is 12.2 Å². The lowest BCUT2D eigenvalue weighted by molar-refractivity contribution is -0.161. The molecule has 61 heavy (non-hydrogen) atoms. The third kappa shape index (κ3) is 41.0. The van der Waals surface area contributed by atoms with Crippen molar-refractivity contribution in [2.24, 2.45) is 5.73 Å². The highest BCUT2D eigenvalue weighted by Crippen LogP contribution is 2.43. The zero-order valence-corrected chi connectivity index (χ0v) is 37.4. The highest BCUT2D eigenvalue weighted by Gasteiger charge is 2.28. The second-order valence-corrected chi connectivity index (χ2v) is 15.4. The normalized spacial score (nSPS) is 15.4. The van der Waals surface area contributed by atoms with Crippen LogP contribution in [0, 0.1) is 0 Å². The molecular formula is C48H74NO11P. The van der Waals surface area contributed by atoms with Crippen LogP contribution in [0.25, 0.3) is 0 Å². The molecule has 2 unspecified atom stereocenters. The van der Waals surface area contributed by atoms with Crippen molar-refractivity contribution in [1.82, 2.24) is 0 Å². The molecule has 0 aromatic carbocycles. The quantitative estimate of drug-likeness (QED) is 0.0151. The first kappa shape index (κ1) is 56.8. The maximum atomic E-state index is 12.6. The monoisotopic (exact) mass is 871 g/mol. The van der Waals surface area contributed by atoms with Gasteiger partial charge in [-0.25, -0.2) is 4.57 Å². The minimum atomic E-state index is -4.78. The number of aliphatic carboxylic acids is 1. The molecule has 0 spiro atoms. The lowest BCUT2D eigenvalue weighted by atomic mass is 10.1. The Morgan fingerprint density at radius 2 is 1.07 bits per heavy atom. The van der Waals surface area contributed by atoms with Crippen LogP contribution in [-0.4, -0.2) is 71.1 Å². The molecule has 0 aromatic rings. The predicted octanol–water partition coefficient (Wildman–Crippen LogP) is 10.6. The van der Waals surface area contributed by atoms with Gasteiger partial charge in [0.2, 0.25) is 0 Å². The van der Waals surface area contributed by atoms with Gasteiger partial charge < -0.3 is 30.3 Å². The summed E-state index contributed by atoms with van der Waals surface area (Å²) in [5, 5.41) is 19.1. The van der Waals surface area contributed by atoms with E-state index in [9.17, 15) is 28.9 Å². The van der Waals surface area contributed by atoms with Crippen LogP contribution in [0.2, 0.25) is 0 Å². The number of carboxylic acids is 1. The van der Waals surface area contributed by atoms with Crippen LogP contribution in [0.15, 0.2) is 122 Å². The van der Waals surface area contributed by atoms with Crippen molar-refractivity contribution in [3.8, 4) is 0 Å². The molecule has 12 nitrogen and oxygen atoms in total. The smallest absolute Gasteiger partial charge is 0.472 e. The van der Waals surface area contributed by atoms with Crippen molar-refractivity contribution in [3.05, 3.63) is 122 Å². The highest BCUT2D eigenvalue weighted by atomic mass is 31.2. The SMILES string of the molecule is CC/C=C\C/C=C\C/C=C\C/C=C\C=C\C(O)CCCC(=O)OC[C@H](COP(=O)(O)OC[C@H](N)C(=O)O)OC(=O)CCCCC/C=C\C/C=C\C/C=C\C/C=C\C/C=C\CC. The molecule has 0 radical (unpaired) electrons. The van der Waals surface area contributed by atoms with Crippen LogP contribution < -0.4 is 5.73 Å². The van der Waals surface area contributed by atoms with Crippen molar-refractivity contribution in [1.29, 1.82) is 0 Å². The number of phosphoric acid groups is 1. The highest BCUT2D eigenvalue weighted by molar-refractivity contribution is 7.47. The van der Waals surface area contributed by atoms with Gasteiger partial charge in [-0.3, -0.25) is 23.4 Å². The van der Waals surface area contributed by atoms with E-state index < -0.39 is 63.8 Å². The third-order valence-corrected chi connectivity index (χ3v) is 9.26. The first-order chi connectivity index (χ1) is 29.5. The summed E-state index contributed by atoms with van der Waals surface area (Å²) in [5.74, 6) is -2.67. The zero-order valence-electron chi connectivity index (χ0n) is 36.6. The predicted molar refractivity (Wildman–Crippen MR) is 245 cm³/mol. The van der Waals surface area contributed by atoms with Crippen LogP contribution in [0.4, 0.5) is 0 Å². The van der Waals surface area contributed by atoms with E-state index >= 15 is 0 Å². The molecular weight excluding hydrogens is 797 g/mol. The summed E-state index contributed by atoms with van der Waals surface area (Å²) < 4.78 is 32.5. The van der Waals surface area contributed by atoms with E-state index in [0.717, 1.165) is 77.0 Å². The summed E-state index contributed by atoms with van der Waals surface area (Å²) in [6.45, 7) is 2.31. The van der Waals surface area contributed by atoms with Crippen molar-refractivity contribution >= 4 is 25.7 Å². The van der Waals surface area contributed by atoms with Gasteiger partial charge in [0.05, 0.1) is 19.3 Å². The van der Waals surface area contributed by atoms with Crippen molar-refractivity contribution < 1.29 is 52.6 Å². The second-order valence-electron chi connectivity index (χ2n) is 13.9. The Balaban J connectivity index is 4.65. The lowest BCUT2D eigenvalue weighted by Crippen LogP contribution is -2.34. The molecule has 0 aliphatic heterocycles. The number of hydrogen-bond acceptors (Lipinski definition) is 10. The average molecular weight is 872 g/mol. The molecule has 13 heteroatoms. The Morgan fingerprint density at radius 3 is 1.59 bits per heavy atom. The molecule has 0 aromatic heterocycles. The fraction of sp³-hybridized carbons (Fsp3) is 0.521. The van der Waals surface area contributed by atoms with Crippen molar-refractivity contribution in [2.45, 2.75) is 141 Å². The minimum Gasteiger partial charge on any atom is -0.480 e. The minimum absolute atomic E-state index is 0.0248. The average Bonchev–Trinajstić information content (AvgIpc) is 3.23. The van der Waals surface area contributed by atoms with Gasteiger partial charge >= 0.3 is 25.7 Å².